The van der Waals surface area contributed by atoms with Crippen molar-refractivity contribution in [3.05, 3.63) is 71.3 Å². The number of carbonyl (C=O) groups is 2. The number of aliphatic hydroxyl groups excluding tert-OH is 2. The number of β-amino-alcohol motifs (C(OH)–C–C–N with tert-alkyl or cyclic N) is 1. The summed E-state index contributed by atoms with van der Waals surface area (Å²) in [5.41, 5.74) is 2.72. The van der Waals surface area contributed by atoms with Gasteiger partial charge in [-0.15, -0.1) is 0 Å². The van der Waals surface area contributed by atoms with Crippen LogP contribution in [0, 0.1) is 17.8 Å². The van der Waals surface area contributed by atoms with E-state index >= 15 is 0 Å². The molecule has 2 aromatic carbocycles. The summed E-state index contributed by atoms with van der Waals surface area (Å²) < 4.78 is 0. The average Bonchev–Trinajstić information content (AvgIpc) is 3.26. The van der Waals surface area contributed by atoms with Crippen LogP contribution in [0.4, 0.5) is 0 Å². The number of rotatable bonds is 9. The molecule has 1 saturated carbocycles. The Labute approximate surface area is 251 Å². The van der Waals surface area contributed by atoms with Gasteiger partial charge in [0.1, 0.15) is 0 Å². The van der Waals surface area contributed by atoms with E-state index in [2.05, 4.69) is 15.5 Å². The number of nitrogens with zero attached hydrogens (tertiary/aromatic N) is 1. The Morgan fingerprint density at radius 1 is 1.00 bits per heavy atom. The number of hydrogen-bond donors (Lipinski definition) is 4. The van der Waals surface area contributed by atoms with Crippen LogP contribution in [0.5, 0.6) is 0 Å². The summed E-state index contributed by atoms with van der Waals surface area (Å²) in [6.07, 6.45) is 5.48. The lowest BCUT2D eigenvalue weighted by molar-refractivity contribution is -0.133. The standard InChI is InChI=1S/C35H49N3O4/c1-35(2,3)37-34(42)30-19-24-13-7-8-15-26(24)21-38(30)22-28(39)18-27(17-23-11-5-4-6-12-23)33(41)36-32-29-16-10-9-14-25(29)20-31(32)40/h4-6,9-12,14,16,24,26-28,30-32,39-40H,7-8,13,15,17-22H2,1-3H3,(H,36,41)(H,37,42)/t24?,26?,27-,28+,30+,31-,32?/m1/s1. The fraction of sp³-hybridized carbons (Fsp3) is 0.600. The molecule has 2 aliphatic carbocycles. The van der Waals surface area contributed by atoms with Crippen molar-refractivity contribution in [2.24, 2.45) is 17.8 Å². The molecule has 4 N–H and O–H groups in total. The number of piperidine rings is 1. The molecule has 1 heterocycles. The smallest absolute Gasteiger partial charge is 0.237 e. The summed E-state index contributed by atoms with van der Waals surface area (Å²) >= 11 is 0. The third-order valence-corrected chi connectivity index (χ3v) is 9.50. The third-order valence-electron chi connectivity index (χ3n) is 9.50. The lowest BCUT2D eigenvalue weighted by Crippen LogP contribution is -2.58. The van der Waals surface area contributed by atoms with Crippen LogP contribution in [0.3, 0.4) is 0 Å². The molecule has 1 aliphatic heterocycles. The topological polar surface area (TPSA) is 102 Å². The summed E-state index contributed by atoms with van der Waals surface area (Å²) in [6.45, 7) is 7.18. The van der Waals surface area contributed by atoms with E-state index in [4.69, 9.17) is 0 Å². The summed E-state index contributed by atoms with van der Waals surface area (Å²) in [5, 5.41) is 28.6. The number of fused-ring (bicyclic) bond motifs is 2. The predicted molar refractivity (Wildman–Crippen MR) is 165 cm³/mol. The Balaban J connectivity index is 1.30. The van der Waals surface area contributed by atoms with Crippen LogP contribution in [0.15, 0.2) is 54.6 Å². The highest BCUT2D eigenvalue weighted by Crippen LogP contribution is 2.39. The van der Waals surface area contributed by atoms with Crippen LogP contribution < -0.4 is 10.6 Å². The molecule has 228 valence electrons. The maximum absolute atomic E-state index is 13.8. The molecule has 7 atom stereocenters. The Kier molecular flexibility index (Phi) is 9.70. The number of likely N-dealkylation sites (tertiary alicyclic amines) is 1. The Morgan fingerprint density at radius 3 is 2.43 bits per heavy atom. The van der Waals surface area contributed by atoms with E-state index in [1.165, 1.54) is 25.7 Å². The zero-order valence-electron chi connectivity index (χ0n) is 25.5. The van der Waals surface area contributed by atoms with Crippen LogP contribution in [-0.2, 0) is 22.4 Å². The lowest BCUT2D eigenvalue weighted by Gasteiger charge is -2.46. The molecule has 7 nitrogen and oxygen atoms in total. The van der Waals surface area contributed by atoms with Gasteiger partial charge in [-0.3, -0.25) is 14.5 Å². The van der Waals surface area contributed by atoms with E-state index in [9.17, 15) is 19.8 Å². The van der Waals surface area contributed by atoms with E-state index in [0.29, 0.717) is 31.2 Å². The fourth-order valence-electron chi connectivity index (χ4n) is 7.50. The third kappa shape index (κ3) is 7.61. The van der Waals surface area contributed by atoms with Gasteiger partial charge in [0.2, 0.25) is 11.8 Å². The van der Waals surface area contributed by atoms with Crippen molar-refractivity contribution < 1.29 is 19.8 Å². The zero-order chi connectivity index (χ0) is 29.9. The number of hydrogen-bond acceptors (Lipinski definition) is 5. The van der Waals surface area contributed by atoms with Gasteiger partial charge in [0.15, 0.2) is 0 Å². The Morgan fingerprint density at radius 2 is 1.69 bits per heavy atom. The second-order valence-corrected chi connectivity index (χ2v) is 14.0. The van der Waals surface area contributed by atoms with E-state index in [0.717, 1.165) is 29.7 Å². The minimum absolute atomic E-state index is 0.0335. The fourth-order valence-corrected chi connectivity index (χ4v) is 7.50. The molecule has 0 radical (unpaired) electrons. The summed E-state index contributed by atoms with van der Waals surface area (Å²) in [6, 6.07) is 17.0. The van der Waals surface area contributed by atoms with Crippen LogP contribution in [-0.4, -0.2) is 63.8 Å². The molecule has 42 heavy (non-hydrogen) atoms. The van der Waals surface area contributed by atoms with Gasteiger partial charge in [-0.25, -0.2) is 0 Å². The number of aliphatic hydroxyl groups is 2. The van der Waals surface area contributed by atoms with Gasteiger partial charge >= 0.3 is 0 Å². The number of amides is 2. The van der Waals surface area contributed by atoms with Crippen molar-refractivity contribution in [2.75, 3.05) is 13.1 Å². The molecule has 0 bridgehead atoms. The van der Waals surface area contributed by atoms with E-state index in [1.807, 2.05) is 75.4 Å². The first-order chi connectivity index (χ1) is 20.1. The maximum Gasteiger partial charge on any atom is 0.237 e. The summed E-state index contributed by atoms with van der Waals surface area (Å²) in [7, 11) is 0. The zero-order valence-corrected chi connectivity index (χ0v) is 25.5. The van der Waals surface area contributed by atoms with Gasteiger partial charge in [-0.2, -0.15) is 0 Å². The van der Waals surface area contributed by atoms with E-state index < -0.39 is 24.2 Å². The molecular formula is C35H49N3O4. The van der Waals surface area contributed by atoms with Gasteiger partial charge < -0.3 is 20.8 Å². The van der Waals surface area contributed by atoms with Crippen LogP contribution in [0.25, 0.3) is 0 Å². The van der Waals surface area contributed by atoms with E-state index in [1.54, 1.807) is 0 Å². The Hall–Kier alpha value is -2.74. The monoisotopic (exact) mass is 575 g/mol. The highest BCUT2D eigenvalue weighted by Gasteiger charge is 2.41. The molecule has 2 aromatic rings. The average molecular weight is 576 g/mol. The van der Waals surface area contributed by atoms with Crippen molar-refractivity contribution in [2.45, 2.75) is 102 Å². The first-order valence-electron chi connectivity index (χ1n) is 15.9. The van der Waals surface area contributed by atoms with Gasteiger partial charge in [0.05, 0.1) is 24.3 Å². The van der Waals surface area contributed by atoms with Gasteiger partial charge in [-0.1, -0.05) is 73.9 Å². The summed E-state index contributed by atoms with van der Waals surface area (Å²) in [4.78, 5) is 29.4. The Bertz CT molecular complexity index is 1210. The second kappa shape index (κ2) is 13.3. The highest BCUT2D eigenvalue weighted by atomic mass is 16.3. The van der Waals surface area contributed by atoms with Crippen LogP contribution >= 0.6 is 0 Å². The lowest BCUT2D eigenvalue weighted by atomic mass is 9.72. The van der Waals surface area contributed by atoms with Crippen LogP contribution in [0.1, 0.15) is 82.0 Å². The predicted octanol–water partition coefficient (Wildman–Crippen LogP) is 4.17. The molecule has 3 unspecified atom stereocenters. The molecule has 1 saturated heterocycles. The quantitative estimate of drug-likeness (QED) is 0.360. The molecule has 3 aliphatic rings. The highest BCUT2D eigenvalue weighted by molar-refractivity contribution is 5.82. The largest absolute Gasteiger partial charge is 0.392 e. The first-order valence-corrected chi connectivity index (χ1v) is 15.9. The molecule has 0 aromatic heterocycles. The first kappa shape index (κ1) is 30.7. The minimum atomic E-state index is -0.768. The van der Waals surface area contributed by atoms with Crippen molar-refractivity contribution >= 4 is 11.8 Å². The van der Waals surface area contributed by atoms with Crippen molar-refractivity contribution in [3.63, 3.8) is 0 Å². The van der Waals surface area contributed by atoms with Crippen molar-refractivity contribution in [3.8, 4) is 0 Å². The normalized spacial score (nSPS) is 27.4. The molecule has 2 fully saturated rings. The second-order valence-electron chi connectivity index (χ2n) is 14.0. The number of carbonyl (C=O) groups excluding carboxylic acids is 2. The molecule has 0 spiro atoms. The van der Waals surface area contributed by atoms with Gasteiger partial charge in [0, 0.05) is 31.0 Å². The van der Waals surface area contributed by atoms with Crippen molar-refractivity contribution in [1.29, 1.82) is 0 Å². The number of benzene rings is 2. The van der Waals surface area contributed by atoms with Crippen molar-refractivity contribution in [1.82, 2.24) is 15.5 Å². The molecule has 7 heteroatoms. The van der Waals surface area contributed by atoms with Gasteiger partial charge in [-0.05, 0) is 75.0 Å². The van der Waals surface area contributed by atoms with Gasteiger partial charge in [0.25, 0.3) is 0 Å². The summed E-state index contributed by atoms with van der Waals surface area (Å²) in [5.74, 6) is 0.506. The maximum atomic E-state index is 13.8. The molecule has 5 rings (SSSR count). The van der Waals surface area contributed by atoms with E-state index in [-0.39, 0.29) is 29.8 Å². The van der Waals surface area contributed by atoms with Crippen LogP contribution in [0.2, 0.25) is 0 Å². The molecule has 2 amide bonds. The molecular weight excluding hydrogens is 526 g/mol. The minimum Gasteiger partial charge on any atom is -0.392 e. The number of nitrogens with one attached hydrogen (secondary N) is 2. The SMILES string of the molecule is CC(C)(C)NC(=O)[C@@H]1CC2CCCCC2CN1C[C@@H](O)C[C@@H](Cc1ccccc1)C(=O)NC1c2ccccc2C[C@H]1O.